The summed E-state index contributed by atoms with van der Waals surface area (Å²) >= 11 is 0. The van der Waals surface area contributed by atoms with Gasteiger partial charge in [0.1, 0.15) is 0 Å². The van der Waals surface area contributed by atoms with Crippen LogP contribution in [0.25, 0.3) is 0 Å². The van der Waals surface area contributed by atoms with Crippen molar-refractivity contribution in [2.45, 2.75) is 0 Å². The largest absolute Gasteiger partial charge is 4.00 e. The Morgan fingerprint density at radius 1 is 0.909 bits per heavy atom. The molecule has 0 unspecified atom stereocenters. The Kier molecular flexibility index (Phi) is 10.2. The van der Waals surface area contributed by atoms with Crippen LogP contribution in [0.1, 0.15) is 0 Å². The molecule has 68 valence electrons. The fraction of sp³-hybridized carbons (Fsp3) is 0. The monoisotopic (exact) mass is 250 g/mol. The van der Waals surface area contributed by atoms with Crippen LogP contribution in [0.5, 0.6) is 0 Å². The van der Waals surface area contributed by atoms with E-state index in [1.807, 2.05) is 0 Å². The molecule has 0 spiro atoms. The molecule has 0 atom stereocenters. The molecule has 0 saturated carbocycles. The first kappa shape index (κ1) is 17.7. The van der Waals surface area contributed by atoms with Gasteiger partial charge in [-0.2, -0.15) is 7.82 Å². The summed E-state index contributed by atoms with van der Waals surface area (Å²) in [7, 11) is -10.3. The van der Waals surface area contributed by atoms with Crippen LogP contribution in [0.3, 0.4) is 0 Å². The smallest absolute Gasteiger partial charge is 0.822 e. The van der Waals surface area contributed by atoms with Crippen molar-refractivity contribution >= 4 is 7.82 Å². The normalized spacial score (nSPS) is 10.8. The van der Waals surface area contributed by atoms with Gasteiger partial charge in [0.15, 0.2) is 0 Å². The van der Waals surface area contributed by atoms with Crippen molar-refractivity contribution in [1.29, 1.82) is 0 Å². The predicted octanol–water partition coefficient (Wildman–Crippen LogP) is -7.58. The Balaban J connectivity index is -0.000000107. The number of halogens is 1. The Labute approximate surface area is 73.5 Å². The van der Waals surface area contributed by atoms with E-state index in [1.54, 1.807) is 0 Å². The van der Waals surface area contributed by atoms with Crippen LogP contribution in [0.15, 0.2) is 0 Å². The molecule has 0 aromatic heterocycles. The summed E-state index contributed by atoms with van der Waals surface area (Å²) in [5.41, 5.74) is 0. The van der Waals surface area contributed by atoms with Crippen molar-refractivity contribution in [3.63, 3.8) is 0 Å². The third kappa shape index (κ3) is 1430. The van der Waals surface area contributed by atoms with Gasteiger partial charge in [0, 0.05) is 0 Å². The first-order chi connectivity index (χ1) is 4.00. The third-order valence-electron chi connectivity index (χ3n) is 0. The summed E-state index contributed by atoms with van der Waals surface area (Å²) in [5.74, 6) is 0. The zero-order valence-electron chi connectivity index (χ0n) is 4.44. The van der Waals surface area contributed by atoms with Crippen LogP contribution in [-0.4, -0.2) is 0 Å². The fourth-order valence-corrected chi connectivity index (χ4v) is 0. The quantitative estimate of drug-likeness (QED) is 0.300. The Hall–Kier alpha value is 0.759. The van der Waals surface area contributed by atoms with Gasteiger partial charge in [-0.3, -0.25) is 0 Å². The second-order valence-electron chi connectivity index (χ2n) is 0.825. The minimum absolute atomic E-state index is 0. The molecule has 0 N–H and O–H groups in total. The van der Waals surface area contributed by atoms with E-state index >= 15 is 0 Å². The standard InChI is InChI=1S/ClHO4.Fe.H3O4P/c2-1(3,4)5;;1-5(2,3)4/h(H,2,3,4,5);;(H3,1,2,3,4)/q;+4;/p-4. The van der Waals surface area contributed by atoms with Gasteiger partial charge < -0.3 is 19.2 Å². The summed E-state index contributed by atoms with van der Waals surface area (Å²) < 4.78 is 42.5. The number of phosphoric acid groups is 1. The molecule has 0 amide bonds. The average Bonchev–Trinajstić information content (AvgIpc) is 1.12. The molecule has 11 heavy (non-hydrogen) atoms. The molecule has 8 nitrogen and oxygen atoms in total. The number of rotatable bonds is 0. The van der Waals surface area contributed by atoms with Crippen molar-refractivity contribution in [1.82, 2.24) is 0 Å². The maximum atomic E-state index is 8.55. The Morgan fingerprint density at radius 2 is 0.909 bits per heavy atom. The molecule has 11 heteroatoms. The topological polar surface area (TPSA) is 178 Å². The van der Waals surface area contributed by atoms with E-state index in [2.05, 4.69) is 0 Å². The van der Waals surface area contributed by atoms with Crippen LogP contribution in [0.2, 0.25) is 0 Å². The van der Waals surface area contributed by atoms with Gasteiger partial charge in [-0.25, -0.2) is 18.6 Å². The SMILES string of the molecule is O=P([O-])([O-])[O-].[Fe+4].[O-][Cl+3]([O-])([O-])[O-]. The van der Waals surface area contributed by atoms with Crippen LogP contribution >= 0.6 is 7.82 Å². The summed E-state index contributed by atoms with van der Waals surface area (Å²) in [6.45, 7) is 0. The minimum Gasteiger partial charge on any atom is -0.822 e. The molecule has 0 heterocycles. The average molecular weight is 250 g/mol. The van der Waals surface area contributed by atoms with E-state index in [9.17, 15) is 0 Å². The predicted molar refractivity (Wildman–Crippen MR) is 7.61 cm³/mol. The summed E-state index contributed by atoms with van der Waals surface area (Å²) in [6.07, 6.45) is 0. The molecule has 0 bridgehead atoms. The van der Waals surface area contributed by atoms with Gasteiger partial charge in [-0.1, -0.05) is 0 Å². The van der Waals surface area contributed by atoms with Crippen LogP contribution in [0, 0.1) is 10.2 Å². The maximum absolute atomic E-state index is 8.55. The molecule has 0 aromatic carbocycles. The van der Waals surface area contributed by atoms with Gasteiger partial charge in [-0.05, 0) is 0 Å². The van der Waals surface area contributed by atoms with Crippen LogP contribution in [-0.2, 0) is 21.6 Å². The van der Waals surface area contributed by atoms with Crippen molar-refractivity contribution < 1.29 is 65.2 Å². The van der Waals surface area contributed by atoms with Crippen molar-refractivity contribution in [2.75, 3.05) is 0 Å². The zero-order valence-corrected chi connectivity index (χ0v) is 7.20. The van der Waals surface area contributed by atoms with E-state index in [0.717, 1.165) is 0 Å². The zero-order chi connectivity index (χ0) is 9.00. The van der Waals surface area contributed by atoms with Gasteiger partial charge >= 0.3 is 17.1 Å². The van der Waals surface area contributed by atoms with Gasteiger partial charge in [0.05, 0.1) is 0 Å². The molecule has 0 aliphatic rings. The number of hydrogen-bond donors (Lipinski definition) is 0. The van der Waals surface area contributed by atoms with Gasteiger partial charge in [0.2, 0.25) is 0 Å². The molecular formula is ClFeO8P. The van der Waals surface area contributed by atoms with Crippen molar-refractivity contribution in [3.8, 4) is 0 Å². The van der Waals surface area contributed by atoms with Crippen molar-refractivity contribution in [3.05, 3.63) is 0 Å². The van der Waals surface area contributed by atoms with Gasteiger partial charge in [0.25, 0.3) is 0 Å². The van der Waals surface area contributed by atoms with E-state index in [-0.39, 0.29) is 17.1 Å². The molecule has 0 saturated heterocycles. The molecule has 0 radical (unpaired) electrons. The molecule has 0 aromatic rings. The summed E-state index contributed by atoms with van der Waals surface area (Å²) in [5, 5.41) is 0. The molecular weight excluding hydrogens is 250 g/mol. The first-order valence-electron chi connectivity index (χ1n) is 1.35. The Morgan fingerprint density at radius 3 is 0.909 bits per heavy atom. The van der Waals surface area contributed by atoms with E-state index < -0.39 is 18.1 Å². The molecule has 0 aliphatic carbocycles. The second-order valence-corrected chi connectivity index (χ2v) is 2.48. The fourth-order valence-electron chi connectivity index (χ4n) is 0. The molecule has 0 aliphatic heterocycles. The molecule has 0 rings (SSSR count). The Bertz CT molecular complexity index is 106. The maximum Gasteiger partial charge on any atom is 4.00 e. The second kappa shape index (κ2) is 6.29. The number of hydrogen-bond acceptors (Lipinski definition) is 8. The van der Waals surface area contributed by atoms with Crippen molar-refractivity contribution in [2.24, 2.45) is 0 Å². The van der Waals surface area contributed by atoms with Crippen LogP contribution < -0.4 is 33.3 Å². The minimum atomic E-state index is -5.39. The van der Waals surface area contributed by atoms with E-state index in [1.165, 1.54) is 0 Å². The van der Waals surface area contributed by atoms with Crippen LogP contribution in [0.4, 0.5) is 0 Å². The first-order valence-corrected chi connectivity index (χ1v) is 4.04. The summed E-state index contributed by atoms with van der Waals surface area (Å²) in [4.78, 5) is 25.6. The third-order valence-corrected chi connectivity index (χ3v) is 0. The van der Waals surface area contributed by atoms with E-state index in [4.69, 9.17) is 37.9 Å². The molecule has 0 fully saturated rings. The summed E-state index contributed by atoms with van der Waals surface area (Å²) in [6, 6.07) is 0. The van der Waals surface area contributed by atoms with E-state index in [0.29, 0.717) is 0 Å². The van der Waals surface area contributed by atoms with Gasteiger partial charge in [-0.15, -0.1) is 10.2 Å².